The zero-order chi connectivity index (χ0) is 17.7. The third-order valence-corrected chi connectivity index (χ3v) is 3.09. The van der Waals surface area contributed by atoms with Gasteiger partial charge in [-0.25, -0.2) is 0 Å². The van der Waals surface area contributed by atoms with E-state index in [2.05, 4.69) is 0 Å². The van der Waals surface area contributed by atoms with Gasteiger partial charge in [0.1, 0.15) is 5.75 Å². The van der Waals surface area contributed by atoms with Gasteiger partial charge in [-0.15, -0.1) is 0 Å². The second-order valence-electron chi connectivity index (χ2n) is 4.88. The van der Waals surface area contributed by atoms with Crippen LogP contribution >= 0.6 is 0 Å². The van der Waals surface area contributed by atoms with Gasteiger partial charge in [-0.1, -0.05) is 24.3 Å². The largest absolute Gasteiger partial charge is 0.497 e. The third-order valence-electron chi connectivity index (χ3n) is 3.09. The van der Waals surface area contributed by atoms with Crippen LogP contribution in [0.5, 0.6) is 17.2 Å². The number of esters is 2. The van der Waals surface area contributed by atoms with E-state index in [1.165, 1.54) is 19.9 Å². The van der Waals surface area contributed by atoms with Gasteiger partial charge in [-0.2, -0.15) is 0 Å². The van der Waals surface area contributed by atoms with Gasteiger partial charge in [0.15, 0.2) is 11.5 Å². The Morgan fingerprint density at radius 1 is 0.875 bits per heavy atom. The van der Waals surface area contributed by atoms with E-state index in [0.29, 0.717) is 16.9 Å². The Kier molecular flexibility index (Phi) is 5.31. The highest BCUT2D eigenvalue weighted by Crippen LogP contribution is 2.29. The standard InChI is InChI=1S/C18H16O6/c1-11(19)23-16-6-4-5-15(18(17(16)21)24-12(2)20)13-7-9-14(22-3)10-8-13/h4-10H,1-3H3. The topological polar surface area (TPSA) is 78.9 Å². The highest BCUT2D eigenvalue weighted by atomic mass is 16.5. The molecule has 0 bridgehead atoms. The molecule has 0 N–H and O–H groups in total. The Morgan fingerprint density at radius 3 is 2.04 bits per heavy atom. The molecule has 2 aromatic rings. The molecule has 2 aromatic carbocycles. The van der Waals surface area contributed by atoms with Crippen molar-refractivity contribution in [2.24, 2.45) is 0 Å². The fraction of sp³-hybridized carbons (Fsp3) is 0.167. The average Bonchev–Trinajstić information content (AvgIpc) is 2.68. The zero-order valence-corrected chi connectivity index (χ0v) is 13.5. The number of hydrogen-bond acceptors (Lipinski definition) is 6. The Balaban J connectivity index is 2.67. The lowest BCUT2D eigenvalue weighted by Crippen LogP contribution is -2.15. The molecule has 0 unspecified atom stereocenters. The maximum atomic E-state index is 12.6. The second kappa shape index (κ2) is 7.41. The van der Waals surface area contributed by atoms with Gasteiger partial charge in [0.2, 0.25) is 0 Å². The van der Waals surface area contributed by atoms with Crippen molar-refractivity contribution in [3.8, 4) is 28.4 Å². The molecule has 0 radical (unpaired) electrons. The summed E-state index contributed by atoms with van der Waals surface area (Å²) in [5.74, 6) is -1.05. The van der Waals surface area contributed by atoms with Crippen LogP contribution in [0, 0.1) is 0 Å². The van der Waals surface area contributed by atoms with E-state index in [4.69, 9.17) is 14.2 Å². The molecule has 0 saturated carbocycles. The Morgan fingerprint density at radius 2 is 1.50 bits per heavy atom. The summed E-state index contributed by atoms with van der Waals surface area (Å²) in [7, 11) is 1.54. The van der Waals surface area contributed by atoms with Gasteiger partial charge in [-0.05, 0) is 23.8 Å². The maximum Gasteiger partial charge on any atom is 0.308 e. The van der Waals surface area contributed by atoms with Gasteiger partial charge in [0.25, 0.3) is 5.43 Å². The van der Waals surface area contributed by atoms with Crippen molar-refractivity contribution in [1.29, 1.82) is 0 Å². The predicted octanol–water partition coefficient (Wildman–Crippen LogP) is 2.57. The van der Waals surface area contributed by atoms with Crippen LogP contribution in [0.3, 0.4) is 0 Å². The van der Waals surface area contributed by atoms with Crippen molar-refractivity contribution in [3.05, 3.63) is 52.7 Å². The maximum absolute atomic E-state index is 12.6. The number of benzene rings is 1. The first-order chi connectivity index (χ1) is 11.4. The van der Waals surface area contributed by atoms with Crippen molar-refractivity contribution >= 4 is 11.9 Å². The van der Waals surface area contributed by atoms with Crippen LogP contribution in [0.4, 0.5) is 0 Å². The molecule has 0 fully saturated rings. The van der Waals surface area contributed by atoms with Crippen LogP contribution in [-0.4, -0.2) is 19.0 Å². The summed E-state index contributed by atoms with van der Waals surface area (Å²) in [6.07, 6.45) is 0. The van der Waals surface area contributed by atoms with Crippen molar-refractivity contribution in [3.63, 3.8) is 0 Å². The number of ether oxygens (including phenoxy) is 3. The number of hydrogen-bond donors (Lipinski definition) is 0. The Bertz CT molecular complexity index is 824. The molecular weight excluding hydrogens is 312 g/mol. The third kappa shape index (κ3) is 3.98. The number of rotatable bonds is 4. The minimum Gasteiger partial charge on any atom is -0.497 e. The van der Waals surface area contributed by atoms with Crippen molar-refractivity contribution < 1.29 is 23.8 Å². The lowest BCUT2D eigenvalue weighted by molar-refractivity contribution is -0.132. The van der Waals surface area contributed by atoms with E-state index in [0.717, 1.165) is 0 Å². The molecular formula is C18H16O6. The van der Waals surface area contributed by atoms with E-state index in [-0.39, 0.29) is 11.5 Å². The summed E-state index contributed by atoms with van der Waals surface area (Å²) in [5, 5.41) is 0. The van der Waals surface area contributed by atoms with Crippen LogP contribution < -0.4 is 19.6 Å². The number of carbonyl (C=O) groups is 2. The highest BCUT2D eigenvalue weighted by Gasteiger charge is 2.16. The van der Waals surface area contributed by atoms with E-state index in [1.54, 1.807) is 43.5 Å². The first-order valence-corrected chi connectivity index (χ1v) is 7.11. The average molecular weight is 328 g/mol. The van der Waals surface area contributed by atoms with Gasteiger partial charge >= 0.3 is 11.9 Å². The minimum atomic E-state index is -0.684. The lowest BCUT2D eigenvalue weighted by atomic mass is 10.1. The first-order valence-electron chi connectivity index (χ1n) is 7.11. The molecule has 0 aliphatic carbocycles. The van der Waals surface area contributed by atoms with E-state index in [9.17, 15) is 14.4 Å². The number of carbonyl (C=O) groups excluding carboxylic acids is 2. The first kappa shape index (κ1) is 17.2. The fourth-order valence-corrected chi connectivity index (χ4v) is 2.10. The summed E-state index contributed by atoms with van der Waals surface area (Å²) in [4.78, 5) is 35.1. The summed E-state index contributed by atoms with van der Waals surface area (Å²) in [6, 6.07) is 11.4. The van der Waals surface area contributed by atoms with Crippen LogP contribution in [0.2, 0.25) is 0 Å². The lowest BCUT2D eigenvalue weighted by Gasteiger charge is -2.07. The van der Waals surface area contributed by atoms with E-state index >= 15 is 0 Å². The SMILES string of the molecule is COc1ccc(-c2cccc(OC(C)=O)c(=O)c2OC(C)=O)cc1. The zero-order valence-electron chi connectivity index (χ0n) is 13.5. The van der Waals surface area contributed by atoms with E-state index in [1.807, 2.05) is 0 Å². The minimum absolute atomic E-state index is 0.200. The molecule has 6 nitrogen and oxygen atoms in total. The van der Waals surface area contributed by atoms with Crippen molar-refractivity contribution in [2.45, 2.75) is 13.8 Å². The Labute approximate surface area is 138 Å². The molecule has 6 heteroatoms. The normalized spacial score (nSPS) is 9.96. The molecule has 0 heterocycles. The molecule has 0 spiro atoms. The smallest absolute Gasteiger partial charge is 0.308 e. The molecule has 0 amide bonds. The highest BCUT2D eigenvalue weighted by molar-refractivity contribution is 5.77. The summed E-state index contributed by atoms with van der Waals surface area (Å²) < 4.78 is 15.1. The van der Waals surface area contributed by atoms with Gasteiger partial charge in [0, 0.05) is 19.4 Å². The molecule has 124 valence electrons. The van der Waals surface area contributed by atoms with Gasteiger partial charge in [-0.3, -0.25) is 14.4 Å². The van der Waals surface area contributed by atoms with Crippen LogP contribution in [0.25, 0.3) is 11.1 Å². The van der Waals surface area contributed by atoms with Gasteiger partial charge < -0.3 is 14.2 Å². The predicted molar refractivity (Wildman–Crippen MR) is 87.3 cm³/mol. The van der Waals surface area contributed by atoms with Crippen LogP contribution in [-0.2, 0) is 9.59 Å². The van der Waals surface area contributed by atoms with Crippen molar-refractivity contribution in [1.82, 2.24) is 0 Å². The van der Waals surface area contributed by atoms with Crippen LogP contribution in [0.15, 0.2) is 47.3 Å². The second-order valence-corrected chi connectivity index (χ2v) is 4.88. The molecule has 0 atom stereocenters. The summed E-state index contributed by atoms with van der Waals surface area (Å²) in [5.41, 5.74) is 0.363. The number of methoxy groups -OCH3 is 1. The molecule has 0 aliphatic heterocycles. The fourth-order valence-electron chi connectivity index (χ4n) is 2.10. The van der Waals surface area contributed by atoms with Crippen molar-refractivity contribution in [2.75, 3.05) is 7.11 Å². The quantitative estimate of drug-likeness (QED) is 0.803. The van der Waals surface area contributed by atoms with Crippen LogP contribution in [0.1, 0.15) is 13.8 Å². The monoisotopic (exact) mass is 328 g/mol. The Hall–Kier alpha value is -3.15. The summed E-state index contributed by atoms with van der Waals surface area (Å²) in [6.45, 7) is 2.37. The summed E-state index contributed by atoms with van der Waals surface area (Å²) >= 11 is 0. The molecule has 0 aliphatic rings. The molecule has 0 aromatic heterocycles. The van der Waals surface area contributed by atoms with Gasteiger partial charge in [0.05, 0.1) is 7.11 Å². The molecule has 24 heavy (non-hydrogen) atoms. The van der Waals surface area contributed by atoms with E-state index < -0.39 is 17.4 Å². The molecule has 0 saturated heterocycles. The molecule has 2 rings (SSSR count).